The summed E-state index contributed by atoms with van der Waals surface area (Å²) in [5, 5.41) is 8.88. The second kappa shape index (κ2) is 7.51. The number of rotatable bonds is 4. The van der Waals surface area contributed by atoms with Crippen molar-refractivity contribution in [1.29, 1.82) is 0 Å². The van der Waals surface area contributed by atoms with E-state index in [1.807, 2.05) is 42.6 Å². The molecule has 0 radical (unpaired) electrons. The number of hydrogen-bond donors (Lipinski definition) is 0. The first-order chi connectivity index (χ1) is 11.7. The Morgan fingerprint density at radius 2 is 1.33 bits per heavy atom. The van der Waals surface area contributed by atoms with E-state index in [0.717, 1.165) is 22.4 Å². The van der Waals surface area contributed by atoms with Gasteiger partial charge in [0.1, 0.15) is 5.71 Å². The summed E-state index contributed by atoms with van der Waals surface area (Å²) in [5.74, 6) is 0. The minimum atomic E-state index is 0.873. The molecule has 0 N–H and O–H groups in total. The van der Waals surface area contributed by atoms with Gasteiger partial charge in [-0.15, -0.1) is 5.10 Å². The van der Waals surface area contributed by atoms with Crippen LogP contribution in [0.2, 0.25) is 0 Å². The van der Waals surface area contributed by atoms with E-state index in [1.54, 1.807) is 0 Å². The molecule has 0 aliphatic carbocycles. The molecule has 0 spiro atoms. The van der Waals surface area contributed by atoms with Crippen molar-refractivity contribution < 1.29 is 0 Å². The van der Waals surface area contributed by atoms with E-state index in [2.05, 4.69) is 66.5 Å². The monoisotopic (exact) mass is 312 g/mol. The van der Waals surface area contributed by atoms with Crippen LogP contribution in [0, 0.1) is 13.8 Å². The Balaban J connectivity index is 1.98. The van der Waals surface area contributed by atoms with Gasteiger partial charge in [-0.05, 0) is 25.0 Å². The van der Waals surface area contributed by atoms with Gasteiger partial charge < -0.3 is 0 Å². The smallest absolute Gasteiger partial charge is 0.100 e. The Labute approximate surface area is 143 Å². The fourth-order valence-electron chi connectivity index (χ4n) is 2.52. The number of aryl methyl sites for hydroxylation is 2. The van der Waals surface area contributed by atoms with Crippen molar-refractivity contribution in [3.63, 3.8) is 0 Å². The Bertz CT molecular complexity index is 821. The number of hydrogen-bond acceptors (Lipinski definition) is 2. The van der Waals surface area contributed by atoms with Gasteiger partial charge in [-0.2, -0.15) is 5.10 Å². The quantitative estimate of drug-likeness (QED) is 0.469. The van der Waals surface area contributed by atoms with Gasteiger partial charge in [0.05, 0.1) is 6.21 Å². The first-order valence-corrected chi connectivity index (χ1v) is 8.03. The summed E-state index contributed by atoms with van der Waals surface area (Å²) in [7, 11) is 0. The summed E-state index contributed by atoms with van der Waals surface area (Å²) < 4.78 is 0. The van der Waals surface area contributed by atoms with Crippen LogP contribution in [0.15, 0.2) is 89.1 Å². The standard InChI is InChI=1S/C22H20N2/c1-17-13-14-18(2)21(15-17)16-23-24-22(19-9-5-3-6-10-19)20-11-7-4-8-12-20/h3-16H,1-2H3. The summed E-state index contributed by atoms with van der Waals surface area (Å²) in [6.45, 7) is 4.17. The van der Waals surface area contributed by atoms with E-state index in [4.69, 9.17) is 0 Å². The van der Waals surface area contributed by atoms with E-state index >= 15 is 0 Å². The third kappa shape index (κ3) is 3.85. The molecule has 2 heteroatoms. The van der Waals surface area contributed by atoms with Gasteiger partial charge in [-0.25, -0.2) is 0 Å². The molecule has 0 fully saturated rings. The highest BCUT2D eigenvalue weighted by atomic mass is 15.2. The second-order valence-electron chi connectivity index (χ2n) is 5.79. The molecular formula is C22H20N2. The maximum atomic E-state index is 4.52. The lowest BCUT2D eigenvalue weighted by Gasteiger charge is -2.05. The Morgan fingerprint density at radius 3 is 1.92 bits per heavy atom. The van der Waals surface area contributed by atoms with Crippen LogP contribution in [0.1, 0.15) is 27.8 Å². The van der Waals surface area contributed by atoms with Gasteiger partial charge >= 0.3 is 0 Å². The van der Waals surface area contributed by atoms with Crippen molar-refractivity contribution in [3.8, 4) is 0 Å². The molecule has 0 bridgehead atoms. The average Bonchev–Trinajstić information content (AvgIpc) is 2.63. The topological polar surface area (TPSA) is 24.7 Å². The molecular weight excluding hydrogens is 292 g/mol. The maximum Gasteiger partial charge on any atom is 0.100 e. The molecule has 3 rings (SSSR count). The van der Waals surface area contributed by atoms with E-state index in [0.29, 0.717) is 0 Å². The third-order valence-electron chi connectivity index (χ3n) is 3.88. The molecule has 3 aromatic rings. The predicted octanol–water partition coefficient (Wildman–Crippen LogP) is 5.17. The number of nitrogens with zero attached hydrogens (tertiary/aromatic N) is 2. The highest BCUT2D eigenvalue weighted by Crippen LogP contribution is 2.12. The van der Waals surface area contributed by atoms with Crippen LogP contribution < -0.4 is 0 Å². The molecule has 0 aromatic heterocycles. The van der Waals surface area contributed by atoms with Crippen molar-refractivity contribution in [2.24, 2.45) is 10.2 Å². The van der Waals surface area contributed by atoms with Crippen molar-refractivity contribution in [2.75, 3.05) is 0 Å². The van der Waals surface area contributed by atoms with Crippen molar-refractivity contribution in [3.05, 3.63) is 107 Å². The van der Waals surface area contributed by atoms with Crippen LogP contribution >= 0.6 is 0 Å². The zero-order valence-corrected chi connectivity index (χ0v) is 14.0. The maximum absolute atomic E-state index is 4.52. The fraction of sp³-hybridized carbons (Fsp3) is 0.0909. The summed E-state index contributed by atoms with van der Waals surface area (Å²) in [6, 6.07) is 26.6. The molecule has 0 saturated carbocycles. The lowest BCUT2D eigenvalue weighted by molar-refractivity contribution is 1.24. The highest BCUT2D eigenvalue weighted by Gasteiger charge is 2.05. The minimum Gasteiger partial charge on any atom is -0.158 e. The van der Waals surface area contributed by atoms with E-state index in [-0.39, 0.29) is 0 Å². The molecule has 24 heavy (non-hydrogen) atoms. The summed E-state index contributed by atoms with van der Waals surface area (Å²) in [4.78, 5) is 0. The van der Waals surface area contributed by atoms with Gasteiger partial charge in [0.25, 0.3) is 0 Å². The lowest BCUT2D eigenvalue weighted by atomic mass is 10.0. The Kier molecular flexibility index (Phi) is 4.97. The van der Waals surface area contributed by atoms with E-state index < -0.39 is 0 Å². The van der Waals surface area contributed by atoms with Crippen LogP contribution in [-0.2, 0) is 0 Å². The van der Waals surface area contributed by atoms with Crippen molar-refractivity contribution in [1.82, 2.24) is 0 Å². The Hall–Kier alpha value is -3.00. The Morgan fingerprint density at radius 1 is 0.750 bits per heavy atom. The summed E-state index contributed by atoms with van der Waals surface area (Å²) >= 11 is 0. The predicted molar refractivity (Wildman–Crippen MR) is 102 cm³/mol. The molecule has 0 aliphatic rings. The summed E-state index contributed by atoms with van der Waals surface area (Å²) in [5.41, 5.74) is 6.50. The van der Waals surface area contributed by atoms with Gasteiger partial charge in [0.15, 0.2) is 0 Å². The second-order valence-corrected chi connectivity index (χ2v) is 5.79. The minimum absolute atomic E-state index is 0.873. The normalized spacial score (nSPS) is 10.8. The summed E-state index contributed by atoms with van der Waals surface area (Å²) in [6.07, 6.45) is 1.83. The van der Waals surface area contributed by atoms with Crippen molar-refractivity contribution in [2.45, 2.75) is 13.8 Å². The molecule has 3 aromatic carbocycles. The first-order valence-electron chi connectivity index (χ1n) is 8.03. The average molecular weight is 312 g/mol. The molecule has 0 saturated heterocycles. The molecule has 0 atom stereocenters. The zero-order chi connectivity index (χ0) is 16.8. The molecule has 0 aliphatic heterocycles. The molecule has 118 valence electrons. The third-order valence-corrected chi connectivity index (χ3v) is 3.88. The molecule has 0 amide bonds. The van der Waals surface area contributed by atoms with Crippen LogP contribution in [0.4, 0.5) is 0 Å². The van der Waals surface area contributed by atoms with Crippen LogP contribution in [0.3, 0.4) is 0 Å². The highest BCUT2D eigenvalue weighted by molar-refractivity contribution is 6.12. The number of benzene rings is 3. The molecule has 2 nitrogen and oxygen atoms in total. The molecule has 0 heterocycles. The van der Waals surface area contributed by atoms with Crippen molar-refractivity contribution >= 4 is 11.9 Å². The van der Waals surface area contributed by atoms with Gasteiger partial charge in [-0.1, -0.05) is 84.4 Å². The largest absolute Gasteiger partial charge is 0.158 e. The SMILES string of the molecule is Cc1ccc(C)c(C=NN=C(c2ccccc2)c2ccccc2)c1. The first kappa shape index (κ1) is 15.9. The zero-order valence-electron chi connectivity index (χ0n) is 14.0. The van der Waals surface area contributed by atoms with Crippen LogP contribution in [0.5, 0.6) is 0 Å². The van der Waals surface area contributed by atoms with Gasteiger partial charge in [0, 0.05) is 11.1 Å². The van der Waals surface area contributed by atoms with E-state index in [1.165, 1.54) is 11.1 Å². The van der Waals surface area contributed by atoms with Gasteiger partial charge in [-0.3, -0.25) is 0 Å². The fourth-order valence-corrected chi connectivity index (χ4v) is 2.52. The van der Waals surface area contributed by atoms with Gasteiger partial charge in [0.2, 0.25) is 0 Å². The van der Waals surface area contributed by atoms with E-state index in [9.17, 15) is 0 Å². The lowest BCUT2D eigenvalue weighted by Crippen LogP contribution is -2.02. The van der Waals surface area contributed by atoms with Crippen LogP contribution in [-0.4, -0.2) is 11.9 Å². The van der Waals surface area contributed by atoms with Crippen LogP contribution in [0.25, 0.3) is 0 Å². The molecule has 0 unspecified atom stereocenters.